The molecule has 26 heavy (non-hydrogen) atoms. The molecule has 0 unspecified atom stereocenters. The Kier molecular flexibility index (Phi) is 4.85. The van der Waals surface area contributed by atoms with Crippen molar-refractivity contribution < 1.29 is 4.79 Å². The molecule has 8 heteroatoms. The maximum absolute atomic E-state index is 12.7. The normalized spacial score (nSPS) is 15.5. The molecule has 136 valence electrons. The van der Waals surface area contributed by atoms with E-state index in [1.165, 1.54) is 0 Å². The SMILES string of the molecule is Cc1nccn1CCN1CCN(C(=O)c2cc(-c3cccs3)[nH]n2)CC1. The Morgan fingerprint density at radius 1 is 1.27 bits per heavy atom. The van der Waals surface area contributed by atoms with E-state index in [1.54, 1.807) is 11.3 Å². The first-order valence-electron chi connectivity index (χ1n) is 8.79. The number of imidazole rings is 1. The molecule has 1 saturated heterocycles. The molecule has 1 amide bonds. The summed E-state index contributed by atoms with van der Waals surface area (Å²) in [7, 11) is 0. The van der Waals surface area contributed by atoms with E-state index in [-0.39, 0.29) is 5.91 Å². The molecule has 7 nitrogen and oxygen atoms in total. The maximum Gasteiger partial charge on any atom is 0.274 e. The lowest BCUT2D eigenvalue weighted by Crippen LogP contribution is -2.49. The Morgan fingerprint density at radius 3 is 2.81 bits per heavy atom. The van der Waals surface area contributed by atoms with Gasteiger partial charge in [-0.3, -0.25) is 14.8 Å². The number of aryl methyl sites for hydroxylation is 1. The molecule has 0 aromatic carbocycles. The van der Waals surface area contributed by atoms with E-state index in [4.69, 9.17) is 0 Å². The third-order valence-electron chi connectivity index (χ3n) is 4.82. The van der Waals surface area contributed by atoms with Crippen molar-refractivity contribution in [3.63, 3.8) is 0 Å². The second-order valence-corrected chi connectivity index (χ2v) is 7.39. The molecule has 1 N–H and O–H groups in total. The molecule has 3 aromatic rings. The van der Waals surface area contributed by atoms with Gasteiger partial charge in [0.15, 0.2) is 5.69 Å². The van der Waals surface area contributed by atoms with Gasteiger partial charge in [-0.15, -0.1) is 11.3 Å². The summed E-state index contributed by atoms with van der Waals surface area (Å²) in [5.74, 6) is 1.05. The molecule has 1 aliphatic heterocycles. The fraction of sp³-hybridized carbons (Fsp3) is 0.389. The van der Waals surface area contributed by atoms with Crippen molar-refractivity contribution in [1.82, 2.24) is 29.5 Å². The van der Waals surface area contributed by atoms with Crippen molar-refractivity contribution in [2.24, 2.45) is 0 Å². The second kappa shape index (κ2) is 7.43. The molecule has 0 spiro atoms. The van der Waals surface area contributed by atoms with Crippen LogP contribution in [0.15, 0.2) is 36.0 Å². The summed E-state index contributed by atoms with van der Waals surface area (Å²) in [4.78, 5) is 22.3. The van der Waals surface area contributed by atoms with Gasteiger partial charge in [-0.25, -0.2) is 4.98 Å². The minimum Gasteiger partial charge on any atom is -0.335 e. The number of hydrogen-bond acceptors (Lipinski definition) is 5. The van der Waals surface area contributed by atoms with E-state index >= 15 is 0 Å². The van der Waals surface area contributed by atoms with Gasteiger partial charge in [0.1, 0.15) is 5.82 Å². The van der Waals surface area contributed by atoms with Crippen LogP contribution in [0.25, 0.3) is 10.6 Å². The number of rotatable bonds is 5. The van der Waals surface area contributed by atoms with Gasteiger partial charge < -0.3 is 9.47 Å². The summed E-state index contributed by atoms with van der Waals surface area (Å²) in [5.41, 5.74) is 1.40. The number of H-pyrrole nitrogens is 1. The fourth-order valence-electron chi connectivity index (χ4n) is 3.22. The van der Waals surface area contributed by atoms with Crippen LogP contribution in [0.3, 0.4) is 0 Å². The number of hydrogen-bond donors (Lipinski definition) is 1. The van der Waals surface area contributed by atoms with Crippen LogP contribution in [0.5, 0.6) is 0 Å². The van der Waals surface area contributed by atoms with Crippen molar-refractivity contribution in [3.8, 4) is 10.6 Å². The van der Waals surface area contributed by atoms with Gasteiger partial charge in [0.05, 0.1) is 10.6 Å². The molecular weight excluding hydrogens is 348 g/mol. The molecule has 1 fully saturated rings. The monoisotopic (exact) mass is 370 g/mol. The Labute approximate surface area is 156 Å². The van der Waals surface area contributed by atoms with Gasteiger partial charge in [-0.2, -0.15) is 5.10 Å². The predicted molar refractivity (Wildman–Crippen MR) is 101 cm³/mol. The summed E-state index contributed by atoms with van der Waals surface area (Å²) in [5, 5.41) is 9.20. The van der Waals surface area contributed by atoms with E-state index in [0.717, 1.165) is 55.7 Å². The molecule has 3 aromatic heterocycles. The highest BCUT2D eigenvalue weighted by atomic mass is 32.1. The number of aromatic nitrogens is 4. The molecule has 0 aliphatic carbocycles. The topological polar surface area (TPSA) is 70.1 Å². The highest BCUT2D eigenvalue weighted by molar-refractivity contribution is 7.13. The lowest BCUT2D eigenvalue weighted by atomic mass is 10.2. The molecule has 4 heterocycles. The summed E-state index contributed by atoms with van der Waals surface area (Å²) in [6, 6.07) is 5.86. The van der Waals surface area contributed by atoms with E-state index in [1.807, 2.05) is 47.8 Å². The van der Waals surface area contributed by atoms with Crippen molar-refractivity contribution in [2.45, 2.75) is 13.5 Å². The van der Waals surface area contributed by atoms with Crippen molar-refractivity contribution in [1.29, 1.82) is 0 Å². The van der Waals surface area contributed by atoms with E-state index < -0.39 is 0 Å². The van der Waals surface area contributed by atoms with Crippen molar-refractivity contribution in [3.05, 3.63) is 47.5 Å². The predicted octanol–water partition coefficient (Wildman–Crippen LogP) is 2.10. The van der Waals surface area contributed by atoms with Crippen LogP contribution in [-0.2, 0) is 6.54 Å². The number of thiophene rings is 1. The number of aromatic amines is 1. The van der Waals surface area contributed by atoms with Gasteiger partial charge in [0.25, 0.3) is 5.91 Å². The molecule has 1 aliphatic rings. The largest absolute Gasteiger partial charge is 0.335 e. The van der Waals surface area contributed by atoms with Gasteiger partial charge in [0, 0.05) is 51.7 Å². The highest BCUT2D eigenvalue weighted by Crippen LogP contribution is 2.23. The highest BCUT2D eigenvalue weighted by Gasteiger charge is 2.24. The quantitative estimate of drug-likeness (QED) is 0.747. The van der Waals surface area contributed by atoms with Crippen LogP contribution >= 0.6 is 11.3 Å². The van der Waals surface area contributed by atoms with Crippen LogP contribution in [0.2, 0.25) is 0 Å². The Morgan fingerprint density at radius 2 is 2.12 bits per heavy atom. The minimum absolute atomic E-state index is 0.00848. The minimum atomic E-state index is 0.00848. The molecule has 0 radical (unpaired) electrons. The van der Waals surface area contributed by atoms with E-state index in [2.05, 4.69) is 24.6 Å². The number of nitrogens with zero attached hydrogens (tertiary/aromatic N) is 5. The Balaban J connectivity index is 1.30. The molecule has 0 saturated carbocycles. The molecule has 4 rings (SSSR count). The number of amides is 1. The van der Waals surface area contributed by atoms with E-state index in [0.29, 0.717) is 5.69 Å². The molecule has 0 atom stereocenters. The summed E-state index contributed by atoms with van der Waals surface area (Å²) in [6.45, 7) is 7.19. The second-order valence-electron chi connectivity index (χ2n) is 6.45. The van der Waals surface area contributed by atoms with Gasteiger partial charge in [0.2, 0.25) is 0 Å². The lowest BCUT2D eigenvalue weighted by Gasteiger charge is -2.34. The van der Waals surface area contributed by atoms with Crippen LogP contribution < -0.4 is 0 Å². The number of carbonyl (C=O) groups is 1. The van der Waals surface area contributed by atoms with Gasteiger partial charge in [-0.1, -0.05) is 6.07 Å². The first-order chi connectivity index (χ1) is 12.7. The van der Waals surface area contributed by atoms with Crippen molar-refractivity contribution in [2.75, 3.05) is 32.7 Å². The van der Waals surface area contributed by atoms with Crippen LogP contribution in [0, 0.1) is 6.92 Å². The zero-order valence-corrected chi connectivity index (χ0v) is 15.6. The average Bonchev–Trinajstić information content (AvgIpc) is 3.41. The number of piperazine rings is 1. The van der Waals surface area contributed by atoms with Gasteiger partial charge in [-0.05, 0) is 24.4 Å². The van der Waals surface area contributed by atoms with Crippen LogP contribution in [-0.4, -0.2) is 68.2 Å². The maximum atomic E-state index is 12.7. The summed E-state index contributed by atoms with van der Waals surface area (Å²) in [6.07, 6.45) is 3.85. The standard InChI is InChI=1S/C18H22N6OS/c1-14-19-4-5-23(14)9-6-22-7-10-24(11-8-22)18(25)16-13-15(20-21-16)17-3-2-12-26-17/h2-5,12-13H,6-11H2,1H3,(H,20,21). The van der Waals surface area contributed by atoms with E-state index in [9.17, 15) is 4.79 Å². The Hall–Kier alpha value is -2.45. The number of nitrogens with one attached hydrogen (secondary N) is 1. The first-order valence-corrected chi connectivity index (χ1v) is 9.67. The smallest absolute Gasteiger partial charge is 0.274 e. The average molecular weight is 370 g/mol. The van der Waals surface area contributed by atoms with Crippen molar-refractivity contribution >= 4 is 17.2 Å². The molecular formula is C18H22N6OS. The molecule has 0 bridgehead atoms. The summed E-state index contributed by atoms with van der Waals surface area (Å²) >= 11 is 1.63. The van der Waals surface area contributed by atoms with Crippen LogP contribution in [0.4, 0.5) is 0 Å². The third kappa shape index (κ3) is 3.56. The van der Waals surface area contributed by atoms with Gasteiger partial charge >= 0.3 is 0 Å². The zero-order chi connectivity index (χ0) is 17.9. The lowest BCUT2D eigenvalue weighted by molar-refractivity contribution is 0.0627. The van der Waals surface area contributed by atoms with Crippen LogP contribution in [0.1, 0.15) is 16.3 Å². The first kappa shape index (κ1) is 17.0. The summed E-state index contributed by atoms with van der Waals surface area (Å²) < 4.78 is 2.16. The third-order valence-corrected chi connectivity index (χ3v) is 5.73. The Bertz CT molecular complexity index is 860. The fourth-order valence-corrected chi connectivity index (χ4v) is 3.91. The number of carbonyl (C=O) groups excluding carboxylic acids is 1. The zero-order valence-electron chi connectivity index (χ0n) is 14.8.